The number of aliphatic hydroxyl groups is 1. The fourth-order valence-electron chi connectivity index (χ4n) is 1.91. The smallest absolute Gasteiger partial charge is 0.240 e. The molecule has 0 bridgehead atoms. The molecule has 5 nitrogen and oxygen atoms in total. The van der Waals surface area contributed by atoms with Gasteiger partial charge in [-0.25, -0.2) is 0 Å². The van der Waals surface area contributed by atoms with Crippen molar-refractivity contribution in [3.8, 4) is 0 Å². The maximum atomic E-state index is 11.9. The minimum atomic E-state index is -0.638. The number of hydrogen-bond donors (Lipinski definition) is 3. The molecule has 0 spiro atoms. The number of carbonyl (C=O) groups is 1. The third-order valence-electron chi connectivity index (χ3n) is 2.98. The number of methoxy groups -OCH3 is 1. The molecule has 0 aromatic heterocycles. The largest absolute Gasteiger partial charge is 0.389 e. The van der Waals surface area contributed by atoms with E-state index in [1.807, 2.05) is 6.92 Å². The zero-order valence-electron chi connectivity index (χ0n) is 10.1. The van der Waals surface area contributed by atoms with E-state index in [1.54, 1.807) is 0 Å². The van der Waals surface area contributed by atoms with Crippen LogP contribution in [0.2, 0.25) is 0 Å². The molecule has 0 aliphatic carbocycles. The van der Waals surface area contributed by atoms with E-state index in [0.29, 0.717) is 0 Å². The summed E-state index contributed by atoms with van der Waals surface area (Å²) in [6.07, 6.45) is 2.40. The van der Waals surface area contributed by atoms with Gasteiger partial charge in [-0.2, -0.15) is 0 Å². The second kappa shape index (κ2) is 6.18. The maximum Gasteiger partial charge on any atom is 0.240 e. The van der Waals surface area contributed by atoms with Gasteiger partial charge < -0.3 is 20.5 Å². The lowest BCUT2D eigenvalue weighted by atomic mass is 9.90. The van der Waals surface area contributed by atoms with Crippen molar-refractivity contribution in [2.75, 3.05) is 26.8 Å². The molecule has 3 N–H and O–H groups in total. The lowest BCUT2D eigenvalue weighted by molar-refractivity contribution is -0.128. The van der Waals surface area contributed by atoms with Crippen LogP contribution < -0.4 is 10.6 Å². The molecule has 5 heteroatoms. The van der Waals surface area contributed by atoms with E-state index in [2.05, 4.69) is 10.6 Å². The van der Waals surface area contributed by atoms with E-state index >= 15 is 0 Å². The number of amides is 1. The summed E-state index contributed by atoms with van der Waals surface area (Å²) < 4.78 is 4.79. The Hall–Kier alpha value is -0.650. The molecular formula is C11H22N2O3. The molecule has 0 saturated carbocycles. The first-order chi connectivity index (χ1) is 7.58. The SMILES string of the molecule is COCC(O)CNC(=O)C1(C)CCCCN1. The van der Waals surface area contributed by atoms with Crippen molar-refractivity contribution in [2.24, 2.45) is 0 Å². The van der Waals surface area contributed by atoms with Crippen molar-refractivity contribution in [1.29, 1.82) is 0 Å². The molecule has 0 aromatic carbocycles. The van der Waals surface area contributed by atoms with Crippen LogP contribution in [0.15, 0.2) is 0 Å². The van der Waals surface area contributed by atoms with E-state index in [0.717, 1.165) is 25.8 Å². The summed E-state index contributed by atoms with van der Waals surface area (Å²) in [5.41, 5.74) is -0.481. The highest BCUT2D eigenvalue weighted by atomic mass is 16.5. The second-order valence-electron chi connectivity index (χ2n) is 4.54. The molecule has 2 unspecified atom stereocenters. The van der Waals surface area contributed by atoms with Crippen LogP contribution >= 0.6 is 0 Å². The van der Waals surface area contributed by atoms with Crippen molar-refractivity contribution in [3.63, 3.8) is 0 Å². The van der Waals surface area contributed by atoms with Crippen LogP contribution in [0.5, 0.6) is 0 Å². The minimum Gasteiger partial charge on any atom is -0.389 e. The molecule has 1 amide bonds. The molecule has 1 saturated heterocycles. The molecule has 94 valence electrons. The Morgan fingerprint density at radius 1 is 1.62 bits per heavy atom. The van der Waals surface area contributed by atoms with Crippen LogP contribution in [-0.4, -0.2) is 49.5 Å². The van der Waals surface area contributed by atoms with E-state index in [-0.39, 0.29) is 19.1 Å². The molecule has 1 rings (SSSR count). The Labute approximate surface area is 96.6 Å². The Bertz CT molecular complexity index is 227. The standard InChI is InChI=1S/C11H22N2O3/c1-11(5-3-4-6-13-11)10(15)12-7-9(14)8-16-2/h9,13-14H,3-8H2,1-2H3,(H,12,15). The summed E-state index contributed by atoms with van der Waals surface area (Å²) >= 11 is 0. The topological polar surface area (TPSA) is 70.6 Å². The Morgan fingerprint density at radius 3 is 2.94 bits per heavy atom. The van der Waals surface area contributed by atoms with Gasteiger partial charge in [-0.3, -0.25) is 4.79 Å². The molecular weight excluding hydrogens is 208 g/mol. The predicted octanol–water partition coefficient (Wildman–Crippen LogP) is -0.358. The van der Waals surface area contributed by atoms with Gasteiger partial charge in [-0.15, -0.1) is 0 Å². The van der Waals surface area contributed by atoms with Gasteiger partial charge in [0.1, 0.15) is 0 Å². The average Bonchev–Trinajstić information content (AvgIpc) is 2.27. The van der Waals surface area contributed by atoms with Gasteiger partial charge in [0.15, 0.2) is 0 Å². The second-order valence-corrected chi connectivity index (χ2v) is 4.54. The third kappa shape index (κ3) is 3.73. The van der Waals surface area contributed by atoms with Gasteiger partial charge in [0.05, 0.1) is 18.2 Å². The van der Waals surface area contributed by atoms with E-state index in [1.165, 1.54) is 7.11 Å². The zero-order valence-corrected chi connectivity index (χ0v) is 10.1. The van der Waals surface area contributed by atoms with Gasteiger partial charge in [0, 0.05) is 13.7 Å². The van der Waals surface area contributed by atoms with Crippen molar-refractivity contribution in [2.45, 2.75) is 37.8 Å². The fourth-order valence-corrected chi connectivity index (χ4v) is 1.91. The first-order valence-corrected chi connectivity index (χ1v) is 5.79. The summed E-state index contributed by atoms with van der Waals surface area (Å²) in [5.74, 6) is -0.0395. The zero-order chi connectivity index (χ0) is 12.0. The summed E-state index contributed by atoms with van der Waals surface area (Å²) in [6, 6.07) is 0. The van der Waals surface area contributed by atoms with Gasteiger partial charge >= 0.3 is 0 Å². The van der Waals surface area contributed by atoms with E-state index < -0.39 is 11.6 Å². The quantitative estimate of drug-likeness (QED) is 0.603. The lowest BCUT2D eigenvalue weighted by Crippen LogP contribution is -2.57. The number of rotatable bonds is 5. The highest BCUT2D eigenvalue weighted by Gasteiger charge is 2.34. The summed E-state index contributed by atoms with van der Waals surface area (Å²) in [6.45, 7) is 3.27. The van der Waals surface area contributed by atoms with Crippen LogP contribution in [0.1, 0.15) is 26.2 Å². The molecule has 1 fully saturated rings. The van der Waals surface area contributed by atoms with Crippen molar-refractivity contribution in [1.82, 2.24) is 10.6 Å². The molecule has 1 aliphatic rings. The summed E-state index contributed by atoms with van der Waals surface area (Å²) in [4.78, 5) is 11.9. The van der Waals surface area contributed by atoms with Crippen molar-refractivity contribution >= 4 is 5.91 Å². The van der Waals surface area contributed by atoms with Crippen LogP contribution in [0, 0.1) is 0 Å². The summed E-state index contributed by atoms with van der Waals surface area (Å²) in [5, 5.41) is 15.4. The van der Waals surface area contributed by atoms with Gasteiger partial charge in [-0.05, 0) is 32.7 Å². The fraction of sp³-hybridized carbons (Fsp3) is 0.909. The summed E-state index contributed by atoms with van der Waals surface area (Å²) in [7, 11) is 1.52. The highest BCUT2D eigenvalue weighted by Crippen LogP contribution is 2.18. The Balaban J connectivity index is 2.33. The number of nitrogens with one attached hydrogen (secondary N) is 2. The number of hydrogen-bond acceptors (Lipinski definition) is 4. The Morgan fingerprint density at radius 2 is 2.38 bits per heavy atom. The normalized spacial score (nSPS) is 27.4. The van der Waals surface area contributed by atoms with Gasteiger partial charge in [-0.1, -0.05) is 0 Å². The third-order valence-corrected chi connectivity index (χ3v) is 2.98. The molecule has 2 atom stereocenters. The lowest BCUT2D eigenvalue weighted by Gasteiger charge is -2.33. The van der Waals surface area contributed by atoms with Gasteiger partial charge in [0.25, 0.3) is 0 Å². The first kappa shape index (κ1) is 13.4. The molecule has 1 aliphatic heterocycles. The Kier molecular flexibility index (Phi) is 5.18. The van der Waals surface area contributed by atoms with E-state index in [9.17, 15) is 9.90 Å². The van der Waals surface area contributed by atoms with Crippen LogP contribution in [0.3, 0.4) is 0 Å². The minimum absolute atomic E-state index is 0.0395. The van der Waals surface area contributed by atoms with Gasteiger partial charge in [0.2, 0.25) is 5.91 Å². The van der Waals surface area contributed by atoms with Crippen molar-refractivity contribution < 1.29 is 14.6 Å². The molecule has 1 heterocycles. The highest BCUT2D eigenvalue weighted by molar-refractivity contribution is 5.85. The number of ether oxygens (including phenoxy) is 1. The predicted molar refractivity (Wildman–Crippen MR) is 61.2 cm³/mol. The molecule has 0 radical (unpaired) electrons. The average molecular weight is 230 g/mol. The molecule has 0 aromatic rings. The number of aliphatic hydroxyl groups excluding tert-OH is 1. The van der Waals surface area contributed by atoms with E-state index in [4.69, 9.17) is 4.74 Å². The number of carbonyl (C=O) groups excluding carboxylic acids is 1. The first-order valence-electron chi connectivity index (χ1n) is 5.79. The number of piperidine rings is 1. The monoisotopic (exact) mass is 230 g/mol. The van der Waals surface area contributed by atoms with Crippen LogP contribution in [0.25, 0.3) is 0 Å². The molecule has 16 heavy (non-hydrogen) atoms. The van der Waals surface area contributed by atoms with Crippen molar-refractivity contribution in [3.05, 3.63) is 0 Å². The van der Waals surface area contributed by atoms with Crippen LogP contribution in [0.4, 0.5) is 0 Å². The van der Waals surface area contributed by atoms with Crippen LogP contribution in [-0.2, 0) is 9.53 Å². The maximum absolute atomic E-state index is 11.9.